The lowest BCUT2D eigenvalue weighted by Crippen LogP contribution is -2.51. The van der Waals surface area contributed by atoms with E-state index in [9.17, 15) is 4.79 Å². The molecule has 128 valence electrons. The van der Waals surface area contributed by atoms with Gasteiger partial charge in [0.2, 0.25) is 0 Å². The molecule has 0 bridgehead atoms. The van der Waals surface area contributed by atoms with Gasteiger partial charge in [0.1, 0.15) is 0 Å². The van der Waals surface area contributed by atoms with Gasteiger partial charge in [-0.2, -0.15) is 5.10 Å². The second kappa shape index (κ2) is 6.86. The number of aromatic nitrogens is 2. The highest BCUT2D eigenvalue weighted by molar-refractivity contribution is 9.10. The van der Waals surface area contributed by atoms with Crippen molar-refractivity contribution in [2.75, 3.05) is 6.54 Å². The summed E-state index contributed by atoms with van der Waals surface area (Å²) in [6.45, 7) is 1.64. The fourth-order valence-corrected chi connectivity index (χ4v) is 3.89. The van der Waals surface area contributed by atoms with Gasteiger partial charge in [-0.1, -0.05) is 28.1 Å². The van der Waals surface area contributed by atoms with E-state index in [1.54, 1.807) is 0 Å². The standard InChI is InChI=1S/C17H19BrN4O.ClH/c18-12-4-1-3-11(9-12)17(6-2-7-17)20-16(23)15-13-10-19-8-5-14(13)21-22-15;/h1,3-4,9,19H,2,5-8,10H2,(H,20,23)(H,21,22);1H. The molecule has 2 heterocycles. The van der Waals surface area contributed by atoms with Crippen LogP contribution >= 0.6 is 28.3 Å². The summed E-state index contributed by atoms with van der Waals surface area (Å²) in [5.74, 6) is -0.0779. The van der Waals surface area contributed by atoms with Crippen LogP contribution in [0.1, 0.15) is 46.6 Å². The van der Waals surface area contributed by atoms with Crippen LogP contribution in [-0.4, -0.2) is 22.6 Å². The number of nitrogens with zero attached hydrogens (tertiary/aromatic N) is 1. The fourth-order valence-electron chi connectivity index (χ4n) is 3.49. The van der Waals surface area contributed by atoms with Gasteiger partial charge in [0.25, 0.3) is 5.91 Å². The summed E-state index contributed by atoms with van der Waals surface area (Å²) >= 11 is 3.52. The summed E-state index contributed by atoms with van der Waals surface area (Å²) in [4.78, 5) is 12.8. The average Bonchev–Trinajstić information content (AvgIpc) is 2.95. The maximum absolute atomic E-state index is 12.8. The van der Waals surface area contributed by atoms with Crippen LogP contribution in [0.2, 0.25) is 0 Å². The molecular formula is C17H20BrClN4O. The minimum absolute atomic E-state index is 0. The predicted octanol–water partition coefficient (Wildman–Crippen LogP) is 3.05. The number of rotatable bonds is 3. The van der Waals surface area contributed by atoms with Gasteiger partial charge in [0.05, 0.1) is 5.54 Å². The van der Waals surface area contributed by atoms with Crippen LogP contribution in [0.25, 0.3) is 0 Å². The lowest BCUT2D eigenvalue weighted by Gasteiger charge is -2.43. The van der Waals surface area contributed by atoms with Crippen LogP contribution in [0.4, 0.5) is 0 Å². The first-order valence-electron chi connectivity index (χ1n) is 8.03. The van der Waals surface area contributed by atoms with Crippen LogP contribution < -0.4 is 10.6 Å². The van der Waals surface area contributed by atoms with Crippen molar-refractivity contribution in [1.82, 2.24) is 20.8 Å². The van der Waals surface area contributed by atoms with Crippen molar-refractivity contribution in [2.45, 2.75) is 37.8 Å². The third-order valence-corrected chi connectivity index (χ3v) is 5.45. The first-order valence-corrected chi connectivity index (χ1v) is 8.83. The molecule has 4 rings (SSSR count). The van der Waals surface area contributed by atoms with E-state index >= 15 is 0 Å². The number of aromatic amines is 1. The van der Waals surface area contributed by atoms with E-state index in [0.29, 0.717) is 12.2 Å². The number of halogens is 2. The number of amides is 1. The molecule has 0 atom stereocenters. The molecule has 24 heavy (non-hydrogen) atoms. The lowest BCUT2D eigenvalue weighted by molar-refractivity contribution is 0.0817. The van der Waals surface area contributed by atoms with Gasteiger partial charge in [0, 0.05) is 35.2 Å². The van der Waals surface area contributed by atoms with Crippen molar-refractivity contribution in [3.8, 4) is 0 Å². The number of fused-ring (bicyclic) bond motifs is 1. The Morgan fingerprint density at radius 1 is 1.33 bits per heavy atom. The van der Waals surface area contributed by atoms with Crippen LogP contribution in [0.3, 0.4) is 0 Å². The van der Waals surface area contributed by atoms with Gasteiger partial charge < -0.3 is 10.6 Å². The van der Waals surface area contributed by atoms with Gasteiger partial charge >= 0.3 is 0 Å². The van der Waals surface area contributed by atoms with Crippen LogP contribution in [0, 0.1) is 0 Å². The third-order valence-electron chi connectivity index (χ3n) is 4.96. The van der Waals surface area contributed by atoms with E-state index in [1.165, 1.54) is 0 Å². The molecule has 1 saturated carbocycles. The number of H-pyrrole nitrogens is 1. The van der Waals surface area contributed by atoms with Crippen LogP contribution in [0.15, 0.2) is 28.7 Å². The molecule has 1 fully saturated rings. The molecule has 5 nitrogen and oxygen atoms in total. The van der Waals surface area contributed by atoms with Gasteiger partial charge in [-0.05, 0) is 37.0 Å². The summed E-state index contributed by atoms with van der Waals surface area (Å²) < 4.78 is 1.04. The molecule has 3 N–H and O–H groups in total. The van der Waals surface area contributed by atoms with Crippen molar-refractivity contribution in [3.05, 3.63) is 51.3 Å². The number of hydrogen-bond donors (Lipinski definition) is 3. The highest BCUT2D eigenvalue weighted by atomic mass is 79.9. The van der Waals surface area contributed by atoms with E-state index in [0.717, 1.165) is 53.5 Å². The first-order chi connectivity index (χ1) is 11.2. The quantitative estimate of drug-likeness (QED) is 0.727. The summed E-state index contributed by atoms with van der Waals surface area (Å²) in [5.41, 5.74) is 3.54. The van der Waals surface area contributed by atoms with Crippen LogP contribution in [-0.2, 0) is 18.5 Å². The zero-order valence-electron chi connectivity index (χ0n) is 13.2. The van der Waals surface area contributed by atoms with E-state index < -0.39 is 0 Å². The number of benzene rings is 1. The molecule has 1 aliphatic carbocycles. The summed E-state index contributed by atoms with van der Waals surface area (Å²) in [6, 6.07) is 8.21. The Morgan fingerprint density at radius 2 is 2.17 bits per heavy atom. The minimum atomic E-state index is -0.255. The monoisotopic (exact) mass is 410 g/mol. The molecule has 0 spiro atoms. The molecule has 1 aliphatic heterocycles. The zero-order valence-corrected chi connectivity index (χ0v) is 15.6. The molecule has 0 radical (unpaired) electrons. The summed E-state index contributed by atoms with van der Waals surface area (Å²) in [6.07, 6.45) is 3.97. The highest BCUT2D eigenvalue weighted by Crippen LogP contribution is 2.42. The Balaban J connectivity index is 0.00000169. The van der Waals surface area contributed by atoms with Crippen molar-refractivity contribution in [3.63, 3.8) is 0 Å². The molecule has 2 aromatic rings. The Morgan fingerprint density at radius 3 is 2.88 bits per heavy atom. The van der Waals surface area contributed by atoms with Crippen molar-refractivity contribution in [1.29, 1.82) is 0 Å². The number of carbonyl (C=O) groups is 1. The van der Waals surface area contributed by atoms with Crippen molar-refractivity contribution < 1.29 is 4.79 Å². The van der Waals surface area contributed by atoms with E-state index in [-0.39, 0.29) is 23.9 Å². The number of hydrogen-bond acceptors (Lipinski definition) is 3. The number of nitrogens with one attached hydrogen (secondary N) is 3. The molecule has 1 aromatic carbocycles. The normalized spacial score (nSPS) is 18.0. The average molecular weight is 412 g/mol. The smallest absolute Gasteiger partial charge is 0.272 e. The molecule has 7 heteroatoms. The molecular weight excluding hydrogens is 392 g/mol. The molecule has 0 saturated heterocycles. The largest absolute Gasteiger partial charge is 0.341 e. The fraction of sp³-hybridized carbons (Fsp3) is 0.412. The third kappa shape index (κ3) is 2.98. The van der Waals surface area contributed by atoms with E-state index in [4.69, 9.17) is 0 Å². The van der Waals surface area contributed by atoms with Crippen LogP contribution in [0.5, 0.6) is 0 Å². The first kappa shape index (κ1) is 17.5. The predicted molar refractivity (Wildman–Crippen MR) is 98.4 cm³/mol. The lowest BCUT2D eigenvalue weighted by atomic mass is 9.71. The molecule has 0 unspecified atom stereocenters. The van der Waals surface area contributed by atoms with E-state index in [2.05, 4.69) is 48.9 Å². The Kier molecular flexibility index (Phi) is 4.99. The maximum Gasteiger partial charge on any atom is 0.272 e. The van der Waals surface area contributed by atoms with Gasteiger partial charge in [-0.15, -0.1) is 12.4 Å². The topological polar surface area (TPSA) is 69.8 Å². The van der Waals surface area contributed by atoms with Gasteiger partial charge in [0.15, 0.2) is 5.69 Å². The second-order valence-corrected chi connectivity index (χ2v) is 7.27. The molecule has 1 amide bonds. The molecule has 1 aromatic heterocycles. The Labute approximate surface area is 155 Å². The van der Waals surface area contributed by atoms with Crippen molar-refractivity contribution >= 4 is 34.2 Å². The summed E-state index contributed by atoms with van der Waals surface area (Å²) in [7, 11) is 0. The zero-order chi connectivity index (χ0) is 15.9. The van der Waals surface area contributed by atoms with Gasteiger partial charge in [-0.25, -0.2) is 0 Å². The molecule has 2 aliphatic rings. The summed E-state index contributed by atoms with van der Waals surface area (Å²) in [5, 5.41) is 13.8. The Bertz CT molecular complexity index is 757. The maximum atomic E-state index is 12.8. The van der Waals surface area contributed by atoms with Crippen molar-refractivity contribution in [2.24, 2.45) is 0 Å². The second-order valence-electron chi connectivity index (χ2n) is 6.36. The number of carbonyl (C=O) groups excluding carboxylic acids is 1. The SMILES string of the molecule is Cl.O=C(NC1(c2cccc(Br)c2)CCC1)c1n[nH]c2c1CNCC2. The highest BCUT2D eigenvalue weighted by Gasteiger charge is 2.41. The Hall–Kier alpha value is -1.37. The van der Waals surface area contributed by atoms with Gasteiger partial charge in [-0.3, -0.25) is 9.89 Å². The minimum Gasteiger partial charge on any atom is -0.341 e. The van der Waals surface area contributed by atoms with E-state index in [1.807, 2.05) is 12.1 Å².